The molecule has 0 aliphatic carbocycles. The van der Waals surface area contributed by atoms with Gasteiger partial charge in [0.15, 0.2) is 0 Å². The lowest BCUT2D eigenvalue weighted by atomic mass is 10.0. The SMILES string of the molecule is CC[C@@H](O)[C@@H](N)c1ccc(Br)c(Br)c1. The van der Waals surface area contributed by atoms with Gasteiger partial charge >= 0.3 is 0 Å². The molecular formula is C10H13Br2NO. The number of hydrogen-bond acceptors (Lipinski definition) is 2. The Hall–Kier alpha value is 0.1000. The maximum atomic E-state index is 9.59. The predicted octanol–water partition coefficient (Wildman–Crippen LogP) is 2.98. The van der Waals surface area contributed by atoms with Gasteiger partial charge in [-0.1, -0.05) is 13.0 Å². The zero-order valence-electron chi connectivity index (χ0n) is 7.87. The summed E-state index contributed by atoms with van der Waals surface area (Å²) in [6, 6.07) is 5.44. The molecule has 2 nitrogen and oxygen atoms in total. The number of benzene rings is 1. The molecule has 78 valence electrons. The number of nitrogens with two attached hydrogens (primary N) is 1. The van der Waals surface area contributed by atoms with Gasteiger partial charge < -0.3 is 10.8 Å². The van der Waals surface area contributed by atoms with Crippen molar-refractivity contribution in [3.8, 4) is 0 Å². The van der Waals surface area contributed by atoms with Crippen LogP contribution in [0, 0.1) is 0 Å². The average molecular weight is 323 g/mol. The molecule has 0 heterocycles. The molecule has 0 spiro atoms. The molecule has 0 fully saturated rings. The summed E-state index contributed by atoms with van der Waals surface area (Å²) in [5.41, 5.74) is 6.82. The van der Waals surface area contributed by atoms with E-state index in [0.717, 1.165) is 14.5 Å². The van der Waals surface area contributed by atoms with Crippen LogP contribution in [0.5, 0.6) is 0 Å². The average Bonchev–Trinajstić information content (AvgIpc) is 2.20. The summed E-state index contributed by atoms with van der Waals surface area (Å²) >= 11 is 6.78. The Balaban J connectivity index is 2.91. The molecule has 0 aliphatic heterocycles. The van der Waals surface area contributed by atoms with Crippen molar-refractivity contribution in [1.82, 2.24) is 0 Å². The smallest absolute Gasteiger partial charge is 0.0730 e. The maximum Gasteiger partial charge on any atom is 0.0730 e. The van der Waals surface area contributed by atoms with Crippen molar-refractivity contribution in [3.63, 3.8) is 0 Å². The van der Waals surface area contributed by atoms with Gasteiger partial charge in [0.25, 0.3) is 0 Å². The molecule has 0 radical (unpaired) electrons. The third-order valence-electron chi connectivity index (χ3n) is 2.16. The van der Waals surface area contributed by atoms with E-state index in [1.807, 2.05) is 25.1 Å². The van der Waals surface area contributed by atoms with Gasteiger partial charge in [-0.05, 0) is 56.0 Å². The first-order valence-corrected chi connectivity index (χ1v) is 6.03. The Morgan fingerprint density at radius 3 is 2.50 bits per heavy atom. The first-order chi connectivity index (χ1) is 6.56. The zero-order valence-corrected chi connectivity index (χ0v) is 11.0. The van der Waals surface area contributed by atoms with Crippen LogP contribution in [0.2, 0.25) is 0 Å². The molecular weight excluding hydrogens is 310 g/mol. The van der Waals surface area contributed by atoms with Crippen LogP contribution < -0.4 is 5.73 Å². The van der Waals surface area contributed by atoms with Crippen molar-refractivity contribution >= 4 is 31.9 Å². The summed E-state index contributed by atoms with van der Waals surface area (Å²) < 4.78 is 1.94. The normalized spacial score (nSPS) is 15.2. The highest BCUT2D eigenvalue weighted by atomic mass is 79.9. The predicted molar refractivity (Wildman–Crippen MR) is 65.1 cm³/mol. The van der Waals surface area contributed by atoms with Crippen LogP contribution in [0.15, 0.2) is 27.1 Å². The van der Waals surface area contributed by atoms with Crippen LogP contribution in [0.4, 0.5) is 0 Å². The van der Waals surface area contributed by atoms with Crippen molar-refractivity contribution in [1.29, 1.82) is 0 Å². The highest BCUT2D eigenvalue weighted by molar-refractivity contribution is 9.13. The molecule has 0 amide bonds. The second kappa shape index (κ2) is 5.26. The minimum Gasteiger partial charge on any atom is -0.391 e. The van der Waals surface area contributed by atoms with E-state index >= 15 is 0 Å². The van der Waals surface area contributed by atoms with Gasteiger partial charge in [0.2, 0.25) is 0 Å². The van der Waals surface area contributed by atoms with Gasteiger partial charge in [-0.3, -0.25) is 0 Å². The zero-order chi connectivity index (χ0) is 10.7. The number of aliphatic hydroxyl groups excluding tert-OH is 1. The number of halogens is 2. The summed E-state index contributed by atoms with van der Waals surface area (Å²) in [4.78, 5) is 0. The fourth-order valence-corrected chi connectivity index (χ4v) is 1.84. The molecule has 1 rings (SSSR count). The van der Waals surface area contributed by atoms with Crippen molar-refractivity contribution in [2.24, 2.45) is 5.73 Å². The van der Waals surface area contributed by atoms with Crippen molar-refractivity contribution in [3.05, 3.63) is 32.7 Å². The maximum absolute atomic E-state index is 9.59. The standard InChI is InChI=1S/C10H13Br2NO/c1-2-9(14)10(13)6-3-4-7(11)8(12)5-6/h3-5,9-10,14H,2,13H2,1H3/t9-,10+/m1/s1. The van der Waals surface area contributed by atoms with Crippen LogP contribution >= 0.6 is 31.9 Å². The van der Waals surface area contributed by atoms with Crippen LogP contribution in [0.1, 0.15) is 24.9 Å². The van der Waals surface area contributed by atoms with E-state index in [2.05, 4.69) is 31.9 Å². The fraction of sp³-hybridized carbons (Fsp3) is 0.400. The summed E-state index contributed by atoms with van der Waals surface area (Å²) in [6.07, 6.45) is 0.178. The van der Waals surface area contributed by atoms with Crippen LogP contribution in [0.3, 0.4) is 0 Å². The van der Waals surface area contributed by atoms with Crippen LogP contribution in [0.25, 0.3) is 0 Å². The number of aliphatic hydroxyl groups is 1. The van der Waals surface area contributed by atoms with Gasteiger partial charge in [-0.2, -0.15) is 0 Å². The van der Waals surface area contributed by atoms with E-state index in [-0.39, 0.29) is 6.04 Å². The molecule has 0 aromatic heterocycles. The molecule has 2 atom stereocenters. The third kappa shape index (κ3) is 2.79. The van der Waals surface area contributed by atoms with Gasteiger partial charge in [-0.15, -0.1) is 0 Å². The highest BCUT2D eigenvalue weighted by Gasteiger charge is 2.15. The van der Waals surface area contributed by atoms with Crippen LogP contribution in [-0.2, 0) is 0 Å². The lowest BCUT2D eigenvalue weighted by molar-refractivity contribution is 0.140. The number of rotatable bonds is 3. The summed E-state index contributed by atoms with van der Waals surface area (Å²) in [6.45, 7) is 1.92. The summed E-state index contributed by atoms with van der Waals surface area (Å²) in [5, 5.41) is 9.59. The quantitative estimate of drug-likeness (QED) is 0.898. The van der Waals surface area contributed by atoms with E-state index in [0.29, 0.717) is 6.42 Å². The monoisotopic (exact) mass is 321 g/mol. The van der Waals surface area contributed by atoms with E-state index in [4.69, 9.17) is 5.73 Å². The third-order valence-corrected chi connectivity index (χ3v) is 4.04. The van der Waals surface area contributed by atoms with Crippen molar-refractivity contribution in [2.75, 3.05) is 0 Å². The Labute approximate surface area is 101 Å². The van der Waals surface area contributed by atoms with E-state index in [9.17, 15) is 5.11 Å². The molecule has 1 aromatic rings. The Morgan fingerprint density at radius 1 is 1.36 bits per heavy atom. The molecule has 0 saturated carbocycles. The van der Waals surface area contributed by atoms with Crippen molar-refractivity contribution in [2.45, 2.75) is 25.5 Å². The minimum atomic E-state index is -0.483. The fourth-order valence-electron chi connectivity index (χ4n) is 1.20. The summed E-state index contributed by atoms with van der Waals surface area (Å²) in [7, 11) is 0. The molecule has 0 saturated heterocycles. The molecule has 0 unspecified atom stereocenters. The van der Waals surface area contributed by atoms with Crippen molar-refractivity contribution < 1.29 is 5.11 Å². The lowest BCUT2D eigenvalue weighted by Crippen LogP contribution is -2.25. The van der Waals surface area contributed by atoms with E-state index in [1.165, 1.54) is 0 Å². The second-order valence-electron chi connectivity index (χ2n) is 3.17. The number of hydrogen-bond donors (Lipinski definition) is 2. The van der Waals surface area contributed by atoms with Crippen LogP contribution in [-0.4, -0.2) is 11.2 Å². The molecule has 1 aromatic carbocycles. The summed E-state index contributed by atoms with van der Waals surface area (Å²) in [5.74, 6) is 0. The molecule has 4 heteroatoms. The molecule has 3 N–H and O–H groups in total. The van der Waals surface area contributed by atoms with E-state index in [1.54, 1.807) is 0 Å². The molecule has 14 heavy (non-hydrogen) atoms. The minimum absolute atomic E-state index is 0.315. The van der Waals surface area contributed by atoms with E-state index < -0.39 is 6.10 Å². The lowest BCUT2D eigenvalue weighted by Gasteiger charge is -2.18. The second-order valence-corrected chi connectivity index (χ2v) is 4.88. The first-order valence-electron chi connectivity index (χ1n) is 4.44. The van der Waals surface area contributed by atoms with Gasteiger partial charge in [-0.25, -0.2) is 0 Å². The first kappa shape index (κ1) is 12.2. The molecule has 0 aliphatic rings. The van der Waals surface area contributed by atoms with Gasteiger partial charge in [0, 0.05) is 8.95 Å². The van der Waals surface area contributed by atoms with Gasteiger partial charge in [0.05, 0.1) is 12.1 Å². The Kier molecular flexibility index (Phi) is 4.57. The Morgan fingerprint density at radius 2 is 2.00 bits per heavy atom. The largest absolute Gasteiger partial charge is 0.391 e. The van der Waals surface area contributed by atoms with Gasteiger partial charge in [0.1, 0.15) is 0 Å². The topological polar surface area (TPSA) is 46.2 Å². The Bertz CT molecular complexity index is 317. The molecule has 0 bridgehead atoms. The highest BCUT2D eigenvalue weighted by Crippen LogP contribution is 2.27.